The maximum atomic E-state index is 13.7. The maximum absolute atomic E-state index is 13.7. The predicted molar refractivity (Wildman–Crippen MR) is 142 cm³/mol. The first kappa shape index (κ1) is 29.0. The van der Waals surface area contributed by atoms with Crippen LogP contribution in [0.5, 0.6) is 0 Å². The Morgan fingerprint density at radius 2 is 1.82 bits per heavy atom. The van der Waals surface area contributed by atoms with Gasteiger partial charge in [0.05, 0.1) is 45.0 Å². The molecule has 11 heteroatoms. The first-order chi connectivity index (χ1) is 18.3. The Bertz CT molecular complexity index is 1480. The van der Waals surface area contributed by atoms with E-state index >= 15 is 0 Å². The average molecular weight is 583 g/mol. The lowest BCUT2D eigenvalue weighted by Crippen LogP contribution is -2.45. The molecule has 0 aliphatic carbocycles. The lowest BCUT2D eigenvalue weighted by atomic mass is 9.86. The quantitative estimate of drug-likeness (QED) is 0.248. The number of hydrogen-bond donors (Lipinski definition) is 0. The van der Waals surface area contributed by atoms with Crippen LogP contribution in [0.2, 0.25) is 10.0 Å². The number of aromatic nitrogens is 1. The zero-order valence-corrected chi connectivity index (χ0v) is 23.3. The van der Waals surface area contributed by atoms with Crippen LogP contribution in [0.1, 0.15) is 57.8 Å². The van der Waals surface area contributed by atoms with Crippen LogP contribution in [0.15, 0.2) is 30.3 Å². The second kappa shape index (κ2) is 10.8. The zero-order valence-electron chi connectivity index (χ0n) is 21.8. The van der Waals surface area contributed by atoms with Crippen LogP contribution in [-0.2, 0) is 22.8 Å². The summed E-state index contributed by atoms with van der Waals surface area (Å²) in [6.45, 7) is 6.03. The fourth-order valence-electron chi connectivity index (χ4n) is 5.14. The molecule has 1 amide bonds. The van der Waals surface area contributed by atoms with Crippen molar-refractivity contribution in [2.45, 2.75) is 33.4 Å². The van der Waals surface area contributed by atoms with Gasteiger partial charge in [-0.1, -0.05) is 30.1 Å². The minimum atomic E-state index is -4.54. The third kappa shape index (κ3) is 5.39. The molecule has 0 spiro atoms. The van der Waals surface area contributed by atoms with Crippen molar-refractivity contribution in [1.82, 2.24) is 9.47 Å². The number of halogens is 5. The molecule has 6 nitrogen and oxygen atoms in total. The summed E-state index contributed by atoms with van der Waals surface area (Å²) in [4.78, 5) is 40.9. The van der Waals surface area contributed by atoms with Crippen LogP contribution in [0.25, 0.3) is 10.9 Å². The van der Waals surface area contributed by atoms with Gasteiger partial charge in [0.25, 0.3) is 5.91 Å². The van der Waals surface area contributed by atoms with Crippen molar-refractivity contribution in [2.24, 2.45) is 18.9 Å². The lowest BCUT2D eigenvalue weighted by Gasteiger charge is -2.36. The van der Waals surface area contributed by atoms with Gasteiger partial charge in [-0.25, -0.2) is 0 Å². The second-order valence-corrected chi connectivity index (χ2v) is 10.6. The molecule has 3 aromatic rings. The van der Waals surface area contributed by atoms with Crippen LogP contribution in [0.3, 0.4) is 0 Å². The molecule has 0 unspecified atom stereocenters. The maximum Gasteiger partial charge on any atom is 0.416 e. The largest absolute Gasteiger partial charge is 0.466 e. The Morgan fingerprint density at radius 3 is 2.44 bits per heavy atom. The summed E-state index contributed by atoms with van der Waals surface area (Å²) in [5, 5.41) is 0.344. The molecule has 1 fully saturated rings. The minimum absolute atomic E-state index is 0.00824. The Labute approximate surface area is 233 Å². The number of esters is 1. The number of ether oxygens (including phenoxy) is 1. The van der Waals surface area contributed by atoms with E-state index in [9.17, 15) is 27.6 Å². The number of carbonyl (C=O) groups is 3. The topological polar surface area (TPSA) is 68.6 Å². The van der Waals surface area contributed by atoms with E-state index in [2.05, 4.69) is 0 Å². The summed E-state index contributed by atoms with van der Waals surface area (Å²) in [6.07, 6.45) is -4.12. The van der Waals surface area contributed by atoms with Crippen LogP contribution in [-0.4, -0.2) is 46.8 Å². The summed E-state index contributed by atoms with van der Waals surface area (Å²) in [5.41, 5.74) is -0.208. The van der Waals surface area contributed by atoms with Gasteiger partial charge in [0.15, 0.2) is 0 Å². The molecular weight excluding hydrogens is 556 g/mol. The zero-order chi connectivity index (χ0) is 28.8. The number of fused-ring (bicyclic) bond motifs is 1. The third-order valence-electron chi connectivity index (χ3n) is 7.26. The second-order valence-electron chi connectivity index (χ2n) is 9.80. The van der Waals surface area contributed by atoms with Crippen LogP contribution < -0.4 is 0 Å². The summed E-state index contributed by atoms with van der Waals surface area (Å²) < 4.78 is 46.7. The lowest BCUT2D eigenvalue weighted by molar-refractivity contribution is -0.151. The Kier molecular flexibility index (Phi) is 8.06. The van der Waals surface area contributed by atoms with E-state index in [-0.39, 0.29) is 56.8 Å². The highest BCUT2D eigenvalue weighted by Crippen LogP contribution is 2.37. The standard InChI is InChI=1S/C28H27Cl2F3N2O4/c1-5-39-27(38)17-8-9-35(13-15(17)3)26(37)18-6-7-20(29)23(24(18)30)25(36)22-12-19-14(2)10-16(28(31,32)33)11-21(19)34(22)4/h6-7,10-12,15,17H,5,8-9,13H2,1-4H3/t15-,17+/m0/s1. The molecule has 0 N–H and O–H groups in total. The Hall–Kier alpha value is -3.04. The molecule has 2 atom stereocenters. The Balaban J connectivity index is 1.68. The number of rotatable bonds is 5. The summed E-state index contributed by atoms with van der Waals surface area (Å²) >= 11 is 13.0. The van der Waals surface area contributed by atoms with E-state index in [0.29, 0.717) is 30.5 Å². The predicted octanol–water partition coefficient (Wildman–Crippen LogP) is 6.70. The van der Waals surface area contributed by atoms with E-state index in [1.807, 2.05) is 6.92 Å². The summed E-state index contributed by atoms with van der Waals surface area (Å²) in [7, 11) is 1.49. The van der Waals surface area contributed by atoms with Gasteiger partial charge in [-0.05, 0) is 62.1 Å². The van der Waals surface area contributed by atoms with Crippen LogP contribution in [0, 0.1) is 18.8 Å². The molecule has 0 bridgehead atoms. The molecule has 4 rings (SSSR count). The highest BCUT2D eigenvalue weighted by Gasteiger charge is 2.36. The van der Waals surface area contributed by atoms with Gasteiger partial charge in [0.1, 0.15) is 0 Å². The van der Waals surface area contributed by atoms with Crippen molar-refractivity contribution in [3.8, 4) is 0 Å². The van der Waals surface area contributed by atoms with Crippen molar-refractivity contribution < 1.29 is 32.3 Å². The smallest absolute Gasteiger partial charge is 0.416 e. The van der Waals surface area contributed by atoms with E-state index in [4.69, 9.17) is 27.9 Å². The van der Waals surface area contributed by atoms with Crippen molar-refractivity contribution in [3.05, 3.63) is 68.3 Å². The summed E-state index contributed by atoms with van der Waals surface area (Å²) in [6, 6.07) is 6.35. The molecule has 1 aliphatic rings. The average Bonchev–Trinajstić information content (AvgIpc) is 3.20. The van der Waals surface area contributed by atoms with Gasteiger partial charge in [-0.2, -0.15) is 13.2 Å². The normalized spacial score (nSPS) is 17.9. The van der Waals surface area contributed by atoms with Gasteiger partial charge >= 0.3 is 12.1 Å². The van der Waals surface area contributed by atoms with Gasteiger partial charge in [-0.15, -0.1) is 0 Å². The highest BCUT2D eigenvalue weighted by atomic mass is 35.5. The first-order valence-electron chi connectivity index (χ1n) is 12.4. The number of alkyl halides is 3. The molecule has 1 saturated heterocycles. The molecular formula is C28H27Cl2F3N2O4. The molecule has 1 aromatic heterocycles. The molecule has 0 radical (unpaired) electrons. The van der Waals surface area contributed by atoms with E-state index in [1.165, 1.54) is 36.7 Å². The third-order valence-corrected chi connectivity index (χ3v) is 7.97. The van der Waals surface area contributed by atoms with Crippen molar-refractivity contribution >= 4 is 51.8 Å². The molecule has 208 valence electrons. The van der Waals surface area contributed by atoms with Crippen molar-refractivity contribution in [3.63, 3.8) is 0 Å². The van der Waals surface area contributed by atoms with E-state index < -0.39 is 23.4 Å². The van der Waals surface area contributed by atoms with Gasteiger partial charge in [0.2, 0.25) is 5.78 Å². The highest BCUT2D eigenvalue weighted by molar-refractivity contribution is 6.42. The molecule has 39 heavy (non-hydrogen) atoms. The molecule has 2 aromatic carbocycles. The number of benzene rings is 2. The number of nitrogens with zero attached hydrogens (tertiary/aromatic N) is 2. The van der Waals surface area contributed by atoms with Crippen LogP contribution in [0.4, 0.5) is 13.2 Å². The van der Waals surface area contributed by atoms with E-state index in [0.717, 1.165) is 12.1 Å². The van der Waals surface area contributed by atoms with E-state index in [1.54, 1.807) is 11.8 Å². The number of ketones is 1. The monoisotopic (exact) mass is 582 g/mol. The SMILES string of the molecule is CCOC(=O)[C@@H]1CCN(C(=O)c2ccc(Cl)c(C(=O)c3cc4c(C)cc(C(F)(F)F)cc4n3C)c2Cl)C[C@@H]1C. The van der Waals surface area contributed by atoms with Gasteiger partial charge < -0.3 is 14.2 Å². The number of piperidine rings is 1. The summed E-state index contributed by atoms with van der Waals surface area (Å²) in [5.74, 6) is -1.79. The number of likely N-dealkylation sites (tertiary alicyclic amines) is 1. The number of aryl methyl sites for hydroxylation is 2. The number of amides is 1. The van der Waals surface area contributed by atoms with Gasteiger partial charge in [-0.3, -0.25) is 14.4 Å². The first-order valence-corrected chi connectivity index (χ1v) is 13.2. The molecule has 0 saturated carbocycles. The fraction of sp³-hybridized carbons (Fsp3) is 0.393. The number of carbonyl (C=O) groups excluding carboxylic acids is 3. The molecule has 1 aliphatic heterocycles. The molecule has 2 heterocycles. The van der Waals surface area contributed by atoms with Crippen molar-refractivity contribution in [1.29, 1.82) is 0 Å². The van der Waals surface area contributed by atoms with Gasteiger partial charge in [0, 0.05) is 31.0 Å². The Morgan fingerprint density at radius 1 is 1.13 bits per heavy atom. The number of hydrogen-bond acceptors (Lipinski definition) is 4. The fourth-order valence-corrected chi connectivity index (χ4v) is 5.77. The minimum Gasteiger partial charge on any atom is -0.466 e. The van der Waals surface area contributed by atoms with Crippen molar-refractivity contribution in [2.75, 3.05) is 19.7 Å². The van der Waals surface area contributed by atoms with Crippen LogP contribution >= 0.6 is 23.2 Å².